The second-order valence-corrected chi connectivity index (χ2v) is 6.16. The summed E-state index contributed by atoms with van der Waals surface area (Å²) in [6.07, 6.45) is 13.9. The van der Waals surface area contributed by atoms with Gasteiger partial charge in [0.2, 0.25) is 0 Å². The Morgan fingerprint density at radius 3 is 2.11 bits per heavy atom. The van der Waals surface area contributed by atoms with E-state index in [1.807, 2.05) is 0 Å². The summed E-state index contributed by atoms with van der Waals surface area (Å²) in [4.78, 5) is 7.13. The quantitative estimate of drug-likeness (QED) is 0.479. The highest BCUT2D eigenvalue weighted by Gasteiger charge is 2.18. The zero-order chi connectivity index (χ0) is 13.9. The molecular formula is C17H34N2. The molecule has 19 heavy (non-hydrogen) atoms. The fourth-order valence-electron chi connectivity index (χ4n) is 2.88. The van der Waals surface area contributed by atoms with E-state index in [-0.39, 0.29) is 0 Å². The van der Waals surface area contributed by atoms with Crippen molar-refractivity contribution in [3.63, 3.8) is 0 Å². The zero-order valence-electron chi connectivity index (χ0n) is 13.5. The van der Waals surface area contributed by atoms with E-state index in [1.54, 1.807) is 0 Å². The first kappa shape index (κ1) is 16.5. The van der Waals surface area contributed by atoms with E-state index in [0.717, 1.165) is 13.1 Å². The Bertz CT molecular complexity index is 246. The summed E-state index contributed by atoms with van der Waals surface area (Å²) in [7, 11) is 0. The zero-order valence-corrected chi connectivity index (χ0v) is 13.5. The lowest BCUT2D eigenvalue weighted by Crippen LogP contribution is -2.34. The van der Waals surface area contributed by atoms with Gasteiger partial charge in [0.15, 0.2) is 0 Å². The van der Waals surface area contributed by atoms with Crippen molar-refractivity contribution in [2.24, 2.45) is 4.99 Å². The maximum atomic E-state index is 4.65. The van der Waals surface area contributed by atoms with Crippen LogP contribution < -0.4 is 0 Å². The fourth-order valence-corrected chi connectivity index (χ4v) is 2.88. The van der Waals surface area contributed by atoms with Gasteiger partial charge in [-0.1, -0.05) is 58.3 Å². The molecule has 0 N–H and O–H groups in total. The van der Waals surface area contributed by atoms with Gasteiger partial charge in [-0.05, 0) is 20.3 Å². The molecule has 0 radical (unpaired) electrons. The van der Waals surface area contributed by atoms with Crippen LogP contribution in [-0.2, 0) is 0 Å². The monoisotopic (exact) mass is 266 g/mol. The van der Waals surface area contributed by atoms with Crippen LogP contribution in [0.5, 0.6) is 0 Å². The summed E-state index contributed by atoms with van der Waals surface area (Å²) >= 11 is 0. The first-order chi connectivity index (χ1) is 9.25. The Labute approximate surface area is 120 Å². The second-order valence-electron chi connectivity index (χ2n) is 6.16. The van der Waals surface area contributed by atoms with Crippen LogP contribution in [0.2, 0.25) is 0 Å². The Balaban J connectivity index is 1.93. The topological polar surface area (TPSA) is 15.6 Å². The SMILES string of the molecule is CCCCCCCCCCCC1=NCCN1C(C)C. The van der Waals surface area contributed by atoms with Gasteiger partial charge >= 0.3 is 0 Å². The lowest BCUT2D eigenvalue weighted by molar-refractivity contribution is 0.372. The maximum absolute atomic E-state index is 4.65. The Morgan fingerprint density at radius 2 is 1.53 bits per heavy atom. The summed E-state index contributed by atoms with van der Waals surface area (Å²) in [6, 6.07) is 0.625. The van der Waals surface area contributed by atoms with Gasteiger partial charge in [-0.2, -0.15) is 0 Å². The van der Waals surface area contributed by atoms with Crippen molar-refractivity contribution >= 4 is 5.84 Å². The molecule has 2 heteroatoms. The first-order valence-corrected chi connectivity index (χ1v) is 8.55. The molecule has 0 spiro atoms. The Morgan fingerprint density at radius 1 is 0.947 bits per heavy atom. The van der Waals surface area contributed by atoms with Crippen LogP contribution in [0.15, 0.2) is 4.99 Å². The van der Waals surface area contributed by atoms with Crippen LogP contribution in [0.4, 0.5) is 0 Å². The highest BCUT2D eigenvalue weighted by Crippen LogP contribution is 2.14. The third-order valence-corrected chi connectivity index (χ3v) is 4.09. The van der Waals surface area contributed by atoms with E-state index >= 15 is 0 Å². The number of rotatable bonds is 11. The molecule has 0 amide bonds. The molecule has 0 aliphatic carbocycles. The summed E-state index contributed by atoms with van der Waals surface area (Å²) in [5, 5.41) is 0. The third-order valence-electron chi connectivity index (χ3n) is 4.09. The van der Waals surface area contributed by atoms with E-state index in [4.69, 9.17) is 0 Å². The first-order valence-electron chi connectivity index (χ1n) is 8.55. The van der Waals surface area contributed by atoms with Gasteiger partial charge in [0.25, 0.3) is 0 Å². The van der Waals surface area contributed by atoms with Gasteiger partial charge in [-0.15, -0.1) is 0 Å². The van der Waals surface area contributed by atoms with E-state index in [2.05, 4.69) is 30.7 Å². The highest BCUT2D eigenvalue weighted by atomic mass is 15.2. The predicted molar refractivity (Wildman–Crippen MR) is 86.0 cm³/mol. The van der Waals surface area contributed by atoms with E-state index < -0.39 is 0 Å². The van der Waals surface area contributed by atoms with Gasteiger partial charge in [0, 0.05) is 19.0 Å². The molecule has 2 nitrogen and oxygen atoms in total. The predicted octanol–water partition coefficient (Wildman–Crippen LogP) is 5.03. The van der Waals surface area contributed by atoms with Crippen molar-refractivity contribution in [3.05, 3.63) is 0 Å². The molecule has 1 rings (SSSR count). The Hall–Kier alpha value is -0.530. The van der Waals surface area contributed by atoms with Crippen LogP contribution in [0, 0.1) is 0 Å². The largest absolute Gasteiger partial charge is 0.356 e. The van der Waals surface area contributed by atoms with Crippen molar-refractivity contribution in [3.8, 4) is 0 Å². The maximum Gasteiger partial charge on any atom is 0.0992 e. The smallest absolute Gasteiger partial charge is 0.0992 e. The summed E-state index contributed by atoms with van der Waals surface area (Å²) < 4.78 is 0. The van der Waals surface area contributed by atoms with Gasteiger partial charge in [0.05, 0.1) is 12.4 Å². The van der Waals surface area contributed by atoms with Gasteiger partial charge in [-0.25, -0.2) is 0 Å². The standard InChI is InChI=1S/C17H34N2/c1-4-5-6-7-8-9-10-11-12-13-17-18-14-15-19(17)16(2)3/h16H,4-15H2,1-3H3. The van der Waals surface area contributed by atoms with Crippen LogP contribution in [-0.4, -0.2) is 29.9 Å². The average Bonchev–Trinajstić information content (AvgIpc) is 2.85. The van der Waals surface area contributed by atoms with Gasteiger partial charge in [-0.3, -0.25) is 4.99 Å². The summed E-state index contributed by atoms with van der Waals surface area (Å²) in [6.45, 7) is 9.00. The molecule has 0 unspecified atom stereocenters. The molecule has 1 aliphatic rings. The van der Waals surface area contributed by atoms with Crippen LogP contribution in [0.3, 0.4) is 0 Å². The van der Waals surface area contributed by atoms with E-state index in [0.29, 0.717) is 6.04 Å². The summed E-state index contributed by atoms with van der Waals surface area (Å²) in [5.74, 6) is 1.37. The molecule has 0 saturated heterocycles. The molecule has 0 aromatic heterocycles. The number of hydrogen-bond acceptors (Lipinski definition) is 2. The molecule has 0 saturated carbocycles. The number of unbranched alkanes of at least 4 members (excludes halogenated alkanes) is 8. The van der Waals surface area contributed by atoms with E-state index in [9.17, 15) is 0 Å². The summed E-state index contributed by atoms with van der Waals surface area (Å²) in [5.41, 5.74) is 0. The fraction of sp³-hybridized carbons (Fsp3) is 0.941. The number of amidine groups is 1. The molecule has 112 valence electrons. The molecule has 0 bridgehead atoms. The lowest BCUT2D eigenvalue weighted by Gasteiger charge is -2.24. The minimum absolute atomic E-state index is 0.625. The Kier molecular flexibility index (Phi) is 8.94. The molecule has 0 aromatic rings. The molecular weight excluding hydrogens is 232 g/mol. The van der Waals surface area contributed by atoms with Crippen molar-refractivity contribution < 1.29 is 0 Å². The number of hydrogen-bond donors (Lipinski definition) is 0. The van der Waals surface area contributed by atoms with Gasteiger partial charge in [0.1, 0.15) is 0 Å². The lowest BCUT2D eigenvalue weighted by atomic mass is 10.1. The molecule has 0 aromatic carbocycles. The van der Waals surface area contributed by atoms with Crippen LogP contribution in [0.25, 0.3) is 0 Å². The minimum atomic E-state index is 0.625. The van der Waals surface area contributed by atoms with Crippen LogP contribution >= 0.6 is 0 Å². The van der Waals surface area contributed by atoms with Gasteiger partial charge < -0.3 is 4.90 Å². The highest BCUT2D eigenvalue weighted by molar-refractivity contribution is 5.83. The second kappa shape index (κ2) is 10.3. The number of aliphatic imine (C=N–C) groups is 1. The minimum Gasteiger partial charge on any atom is -0.356 e. The van der Waals surface area contributed by atoms with Crippen molar-refractivity contribution in [2.75, 3.05) is 13.1 Å². The third kappa shape index (κ3) is 6.98. The molecule has 0 fully saturated rings. The van der Waals surface area contributed by atoms with Crippen molar-refractivity contribution in [1.29, 1.82) is 0 Å². The molecule has 1 aliphatic heterocycles. The normalized spacial score (nSPS) is 15.4. The van der Waals surface area contributed by atoms with E-state index in [1.165, 1.54) is 70.0 Å². The van der Waals surface area contributed by atoms with Crippen molar-refractivity contribution in [2.45, 2.75) is 91.0 Å². The number of nitrogens with zero attached hydrogens (tertiary/aromatic N) is 2. The average molecular weight is 266 g/mol. The van der Waals surface area contributed by atoms with Crippen molar-refractivity contribution in [1.82, 2.24) is 4.90 Å². The molecule has 1 heterocycles. The van der Waals surface area contributed by atoms with Crippen LogP contribution in [0.1, 0.15) is 85.0 Å². The molecule has 0 atom stereocenters.